The Bertz CT molecular complexity index is 1240. The van der Waals surface area contributed by atoms with E-state index in [0.717, 1.165) is 41.5 Å². The van der Waals surface area contributed by atoms with Crippen LogP contribution in [0.2, 0.25) is 0 Å². The topological polar surface area (TPSA) is 85.4 Å². The van der Waals surface area contributed by atoms with Crippen LogP contribution in [0.3, 0.4) is 0 Å². The van der Waals surface area contributed by atoms with Crippen LogP contribution in [0.5, 0.6) is 11.5 Å². The van der Waals surface area contributed by atoms with Crippen molar-refractivity contribution in [3.63, 3.8) is 0 Å². The van der Waals surface area contributed by atoms with E-state index in [1.165, 1.54) is 6.33 Å². The second-order valence-electron chi connectivity index (χ2n) is 8.31. The zero-order valence-corrected chi connectivity index (χ0v) is 17.9. The van der Waals surface area contributed by atoms with Crippen molar-refractivity contribution in [3.8, 4) is 23.8 Å². The Kier molecular flexibility index (Phi) is 5.16. The minimum atomic E-state index is -0.144. The molecule has 162 valence electrons. The first-order valence-corrected chi connectivity index (χ1v) is 10.7. The fraction of sp³-hybridized carbons (Fsp3) is 0.320. The fourth-order valence-corrected chi connectivity index (χ4v) is 4.56. The van der Waals surface area contributed by atoms with Crippen molar-refractivity contribution in [2.45, 2.75) is 12.8 Å². The van der Waals surface area contributed by atoms with Crippen molar-refractivity contribution >= 4 is 28.2 Å². The second-order valence-corrected chi connectivity index (χ2v) is 8.31. The number of nitrogens with one attached hydrogen (secondary N) is 2. The normalized spacial score (nSPS) is 21.5. The molecular formula is C25H24N4O3. The monoisotopic (exact) mass is 428 g/mol. The molecule has 1 saturated carbocycles. The van der Waals surface area contributed by atoms with Crippen LogP contribution >= 0.6 is 0 Å². The van der Waals surface area contributed by atoms with Crippen LogP contribution < -0.4 is 20.1 Å². The predicted molar refractivity (Wildman–Crippen MR) is 122 cm³/mol. The number of hydrogen-bond acceptors (Lipinski definition) is 7. The van der Waals surface area contributed by atoms with E-state index in [2.05, 4.69) is 26.5 Å². The van der Waals surface area contributed by atoms with Crippen LogP contribution in [0.1, 0.15) is 18.4 Å². The molecule has 2 unspecified atom stereocenters. The summed E-state index contributed by atoms with van der Waals surface area (Å²) in [6.07, 6.45) is 8.82. The van der Waals surface area contributed by atoms with Gasteiger partial charge in [0.25, 0.3) is 0 Å². The number of fused-ring (bicyclic) bond motifs is 1. The zero-order chi connectivity index (χ0) is 22.1. The summed E-state index contributed by atoms with van der Waals surface area (Å²) in [6, 6.07) is 11.3. The lowest BCUT2D eigenvalue weighted by Gasteiger charge is -2.14. The molecule has 2 N–H and O–H groups in total. The van der Waals surface area contributed by atoms with Gasteiger partial charge in [0, 0.05) is 34.7 Å². The van der Waals surface area contributed by atoms with E-state index in [4.69, 9.17) is 15.9 Å². The van der Waals surface area contributed by atoms with Gasteiger partial charge >= 0.3 is 0 Å². The number of anilines is 2. The molecule has 2 aliphatic rings. The Labute approximate surface area is 186 Å². The maximum atomic E-state index is 12.1. The highest BCUT2D eigenvalue weighted by atomic mass is 16.5. The summed E-state index contributed by atoms with van der Waals surface area (Å²) in [5.74, 6) is 5.26. The number of benzene rings is 2. The molecule has 1 aromatic heterocycles. The number of terminal acetylenes is 1. The van der Waals surface area contributed by atoms with Crippen LogP contribution in [0, 0.1) is 23.7 Å². The SMILES string of the molecule is C#Cc1cccc(Nc2ncnc3cc(OC)c(OCCC4CC45CNCC5=O)cc23)c1. The van der Waals surface area contributed by atoms with Gasteiger partial charge in [0.1, 0.15) is 12.1 Å². The summed E-state index contributed by atoms with van der Waals surface area (Å²) >= 11 is 0. The number of carbonyl (C=O) groups excluding carboxylic acids is 1. The van der Waals surface area contributed by atoms with Gasteiger partial charge in [-0.3, -0.25) is 4.79 Å². The quantitative estimate of drug-likeness (QED) is 0.559. The lowest BCUT2D eigenvalue weighted by molar-refractivity contribution is -0.121. The number of methoxy groups -OCH3 is 1. The van der Waals surface area contributed by atoms with Gasteiger partial charge in [-0.2, -0.15) is 0 Å². The summed E-state index contributed by atoms with van der Waals surface area (Å²) in [6.45, 7) is 1.81. The van der Waals surface area contributed by atoms with Gasteiger partial charge in [-0.25, -0.2) is 9.97 Å². The summed E-state index contributed by atoms with van der Waals surface area (Å²) in [5, 5.41) is 7.33. The van der Waals surface area contributed by atoms with Crippen molar-refractivity contribution < 1.29 is 14.3 Å². The molecule has 32 heavy (non-hydrogen) atoms. The Balaban J connectivity index is 1.36. The van der Waals surface area contributed by atoms with Gasteiger partial charge in [0.15, 0.2) is 17.3 Å². The van der Waals surface area contributed by atoms with Gasteiger partial charge in [0.2, 0.25) is 0 Å². The Morgan fingerprint density at radius 3 is 2.97 bits per heavy atom. The standard InChI is InChI=1S/C25H24N4O3/c1-3-16-5-4-6-18(9-16)29-24-19-10-22(21(31-2)11-20(19)27-15-28-24)32-8-7-17-12-25(17)14-26-13-23(25)30/h1,4-6,9-11,15,17,26H,7-8,12-14H2,2H3,(H,27,28,29). The lowest BCUT2D eigenvalue weighted by atomic mass is 10.0. The van der Waals surface area contributed by atoms with Gasteiger partial charge in [0.05, 0.1) is 25.8 Å². The van der Waals surface area contributed by atoms with Crippen LogP contribution in [0.4, 0.5) is 11.5 Å². The molecule has 2 heterocycles. The van der Waals surface area contributed by atoms with E-state index >= 15 is 0 Å². The number of rotatable bonds is 7. The molecule has 1 aliphatic carbocycles. The van der Waals surface area contributed by atoms with Crippen molar-refractivity contribution in [1.82, 2.24) is 15.3 Å². The molecule has 7 nitrogen and oxygen atoms in total. The predicted octanol–water partition coefficient (Wildman–Crippen LogP) is 3.31. The Hall–Kier alpha value is -3.63. The number of Topliss-reactive ketones (excluding diaryl/α,β-unsaturated/α-hetero) is 1. The molecule has 1 spiro atoms. The number of aromatic nitrogens is 2. The summed E-state index contributed by atoms with van der Waals surface area (Å²) in [4.78, 5) is 20.9. The highest BCUT2D eigenvalue weighted by Gasteiger charge is 2.60. The Morgan fingerprint density at radius 2 is 2.19 bits per heavy atom. The maximum Gasteiger partial charge on any atom is 0.162 e. The molecule has 2 atom stereocenters. The van der Waals surface area contributed by atoms with E-state index in [9.17, 15) is 4.79 Å². The average molecular weight is 428 g/mol. The first-order chi connectivity index (χ1) is 15.6. The third-order valence-electron chi connectivity index (χ3n) is 6.45. The summed E-state index contributed by atoms with van der Waals surface area (Å²) in [7, 11) is 1.61. The second kappa shape index (κ2) is 8.13. The molecule has 2 fully saturated rings. The molecule has 0 bridgehead atoms. The van der Waals surface area contributed by atoms with Crippen LogP contribution in [0.15, 0.2) is 42.7 Å². The van der Waals surface area contributed by atoms with Crippen LogP contribution in [-0.4, -0.2) is 42.6 Å². The van der Waals surface area contributed by atoms with Gasteiger partial charge in [-0.1, -0.05) is 12.0 Å². The highest BCUT2D eigenvalue weighted by molar-refractivity contribution is 5.93. The molecule has 7 heteroatoms. The third kappa shape index (κ3) is 3.63. The zero-order valence-electron chi connectivity index (χ0n) is 17.9. The number of ether oxygens (including phenoxy) is 2. The summed E-state index contributed by atoms with van der Waals surface area (Å²) < 4.78 is 11.6. The Morgan fingerprint density at radius 1 is 1.28 bits per heavy atom. The van der Waals surface area contributed by atoms with Gasteiger partial charge < -0.3 is 20.1 Å². The van der Waals surface area contributed by atoms with Crippen molar-refractivity contribution in [1.29, 1.82) is 0 Å². The number of nitrogens with zero attached hydrogens (tertiary/aromatic N) is 2. The molecule has 0 radical (unpaired) electrons. The molecule has 0 amide bonds. The van der Waals surface area contributed by atoms with Gasteiger partial charge in [-0.05, 0) is 43.0 Å². The minimum Gasteiger partial charge on any atom is -0.493 e. The van der Waals surface area contributed by atoms with Crippen molar-refractivity contribution in [2.75, 3.05) is 32.1 Å². The lowest BCUT2D eigenvalue weighted by Crippen LogP contribution is -2.16. The maximum absolute atomic E-state index is 12.1. The number of carbonyl (C=O) groups is 1. The van der Waals surface area contributed by atoms with Crippen molar-refractivity contribution in [2.24, 2.45) is 11.3 Å². The third-order valence-corrected chi connectivity index (χ3v) is 6.45. The molecule has 2 aromatic carbocycles. The molecule has 1 aliphatic heterocycles. The smallest absolute Gasteiger partial charge is 0.162 e. The first kappa shape index (κ1) is 20.3. The molecule has 1 saturated heterocycles. The van der Waals surface area contributed by atoms with E-state index in [1.54, 1.807) is 7.11 Å². The van der Waals surface area contributed by atoms with E-state index in [0.29, 0.717) is 42.2 Å². The van der Waals surface area contributed by atoms with E-state index in [-0.39, 0.29) is 5.41 Å². The van der Waals surface area contributed by atoms with Gasteiger partial charge in [-0.15, -0.1) is 6.42 Å². The highest BCUT2D eigenvalue weighted by Crippen LogP contribution is 2.56. The minimum absolute atomic E-state index is 0.144. The van der Waals surface area contributed by atoms with Crippen LogP contribution in [-0.2, 0) is 4.79 Å². The molecule has 5 rings (SSSR count). The summed E-state index contributed by atoms with van der Waals surface area (Å²) in [5.41, 5.74) is 2.22. The van der Waals surface area contributed by atoms with Crippen LogP contribution in [0.25, 0.3) is 10.9 Å². The molecule has 3 aromatic rings. The van der Waals surface area contributed by atoms with E-state index in [1.807, 2.05) is 36.4 Å². The largest absolute Gasteiger partial charge is 0.493 e. The fourth-order valence-electron chi connectivity index (χ4n) is 4.56. The first-order valence-electron chi connectivity index (χ1n) is 10.7. The average Bonchev–Trinajstić information content (AvgIpc) is 3.40. The molecular weight excluding hydrogens is 404 g/mol. The number of ketones is 1. The van der Waals surface area contributed by atoms with E-state index < -0.39 is 0 Å². The number of hydrogen-bond donors (Lipinski definition) is 2. The van der Waals surface area contributed by atoms with Crippen molar-refractivity contribution in [3.05, 3.63) is 48.3 Å².